The van der Waals surface area contributed by atoms with Crippen molar-refractivity contribution in [1.29, 1.82) is 0 Å². The summed E-state index contributed by atoms with van der Waals surface area (Å²) in [6.45, 7) is 0.633. The fourth-order valence-corrected chi connectivity index (χ4v) is 6.13. The third-order valence-electron chi connectivity index (χ3n) is 6.50. The van der Waals surface area contributed by atoms with Crippen LogP contribution in [-0.2, 0) is 20.0 Å². The number of benzene rings is 3. The average Bonchev–Trinajstić information content (AvgIpc) is 2.89. The highest BCUT2D eigenvalue weighted by Gasteiger charge is 2.23. The van der Waals surface area contributed by atoms with Gasteiger partial charge in [-0.15, -0.1) is 0 Å². The van der Waals surface area contributed by atoms with Crippen molar-refractivity contribution in [3.05, 3.63) is 96.1 Å². The number of hydrogen-bond donors (Lipinski definition) is 0. The molecule has 0 spiro atoms. The van der Waals surface area contributed by atoms with Crippen LogP contribution in [0.3, 0.4) is 0 Å². The molecule has 0 unspecified atom stereocenters. The number of hydrogen-bond acceptors (Lipinski definition) is 6. The van der Waals surface area contributed by atoms with E-state index in [1.54, 1.807) is 48.5 Å². The quantitative estimate of drug-likeness (QED) is 0.398. The van der Waals surface area contributed by atoms with Gasteiger partial charge in [0.05, 0.1) is 34.9 Å². The van der Waals surface area contributed by atoms with E-state index >= 15 is 0 Å². The summed E-state index contributed by atoms with van der Waals surface area (Å²) in [6, 6.07) is 18.9. The third kappa shape index (κ3) is 5.56. The Hall–Kier alpha value is -3.76. The van der Waals surface area contributed by atoms with Gasteiger partial charge in [-0.3, -0.25) is 0 Å². The predicted octanol–water partition coefficient (Wildman–Crippen LogP) is 4.80. The molecule has 196 valence electrons. The highest BCUT2D eigenvalue weighted by molar-refractivity contribution is 7.90. The van der Waals surface area contributed by atoms with E-state index in [-0.39, 0.29) is 21.2 Å². The Morgan fingerprint density at radius 2 is 1.18 bits per heavy atom. The first-order valence-electron chi connectivity index (χ1n) is 12.1. The molecular weight excluding hydrogens is 524 g/mol. The Kier molecular flexibility index (Phi) is 7.18. The first kappa shape index (κ1) is 25.9. The van der Waals surface area contributed by atoms with Crippen molar-refractivity contribution in [2.75, 3.05) is 13.7 Å². The SMILES string of the molecule is COc1ccc(S(=O)(=O)N=C2C=CC(=NS(=O)(=O)c3ccc(OCC4CCC4)cc3)c3ccccc32)cc1. The van der Waals surface area contributed by atoms with Crippen LogP contribution < -0.4 is 9.47 Å². The molecule has 0 aromatic heterocycles. The second-order valence-electron chi connectivity index (χ2n) is 9.04. The topological polar surface area (TPSA) is 111 Å². The molecule has 2 aliphatic carbocycles. The summed E-state index contributed by atoms with van der Waals surface area (Å²) in [5.74, 6) is 1.71. The van der Waals surface area contributed by atoms with Crippen LogP contribution in [0.1, 0.15) is 30.4 Å². The fourth-order valence-electron chi connectivity index (χ4n) is 4.12. The van der Waals surface area contributed by atoms with Gasteiger partial charge in [0.2, 0.25) is 0 Å². The lowest BCUT2D eigenvalue weighted by Crippen LogP contribution is -2.19. The molecule has 0 atom stereocenters. The molecule has 0 bridgehead atoms. The lowest BCUT2D eigenvalue weighted by molar-refractivity contribution is 0.180. The largest absolute Gasteiger partial charge is 0.497 e. The van der Waals surface area contributed by atoms with Crippen LogP contribution in [0.25, 0.3) is 0 Å². The predicted molar refractivity (Wildman–Crippen MR) is 145 cm³/mol. The molecule has 0 amide bonds. The summed E-state index contributed by atoms with van der Waals surface area (Å²) in [6.07, 6.45) is 6.47. The van der Waals surface area contributed by atoms with Crippen LogP contribution in [0, 0.1) is 5.92 Å². The normalized spacial score (nSPS) is 17.7. The van der Waals surface area contributed by atoms with Crippen molar-refractivity contribution in [1.82, 2.24) is 0 Å². The Bertz CT molecular complexity index is 1640. The Labute approximate surface area is 222 Å². The first-order chi connectivity index (χ1) is 18.2. The molecule has 38 heavy (non-hydrogen) atoms. The molecule has 2 aliphatic rings. The van der Waals surface area contributed by atoms with Gasteiger partial charge in [0.15, 0.2) is 0 Å². The molecule has 3 aromatic rings. The minimum atomic E-state index is -4.04. The van der Waals surface area contributed by atoms with E-state index in [9.17, 15) is 16.8 Å². The Morgan fingerprint density at radius 3 is 1.61 bits per heavy atom. The monoisotopic (exact) mass is 550 g/mol. The third-order valence-corrected chi connectivity index (χ3v) is 9.11. The molecule has 8 nitrogen and oxygen atoms in total. The maximum atomic E-state index is 13.1. The van der Waals surface area contributed by atoms with Crippen LogP contribution in [0.5, 0.6) is 11.5 Å². The maximum absolute atomic E-state index is 13.1. The smallest absolute Gasteiger partial charge is 0.282 e. The van der Waals surface area contributed by atoms with Crippen molar-refractivity contribution in [2.45, 2.75) is 29.1 Å². The lowest BCUT2D eigenvalue weighted by Gasteiger charge is -2.25. The summed E-state index contributed by atoms with van der Waals surface area (Å²) in [5, 5.41) is 0. The number of nitrogens with zero attached hydrogens (tertiary/aromatic N) is 2. The Balaban J connectivity index is 1.42. The molecular formula is C28H26N2O6S2. The zero-order valence-corrected chi connectivity index (χ0v) is 22.3. The van der Waals surface area contributed by atoms with Gasteiger partial charge in [0, 0.05) is 11.1 Å². The standard InChI is InChI=1S/C28H26N2O6S2/c1-35-21-9-13-23(14-10-21)37(31,32)29-27-17-18-28(26-8-3-2-7-25(26)27)30-38(33,34)24-15-11-22(12-16-24)36-19-20-5-4-6-20/h2-3,7-18,20H,4-6,19H2,1H3. The molecule has 0 heterocycles. The Morgan fingerprint density at radius 1 is 0.711 bits per heavy atom. The van der Waals surface area contributed by atoms with Gasteiger partial charge in [-0.25, -0.2) is 0 Å². The molecule has 0 radical (unpaired) electrons. The molecule has 0 saturated heterocycles. The highest BCUT2D eigenvalue weighted by Crippen LogP contribution is 2.28. The van der Waals surface area contributed by atoms with E-state index in [0.717, 1.165) is 0 Å². The van der Waals surface area contributed by atoms with E-state index in [0.29, 0.717) is 35.2 Å². The second kappa shape index (κ2) is 10.5. The van der Waals surface area contributed by atoms with Crippen molar-refractivity contribution in [3.63, 3.8) is 0 Å². The highest BCUT2D eigenvalue weighted by atomic mass is 32.2. The van der Waals surface area contributed by atoms with Crippen molar-refractivity contribution in [2.24, 2.45) is 14.7 Å². The molecule has 1 fully saturated rings. The van der Waals surface area contributed by atoms with Crippen LogP contribution in [0.15, 0.2) is 104 Å². The molecule has 10 heteroatoms. The minimum absolute atomic E-state index is 0.0128. The van der Waals surface area contributed by atoms with Crippen molar-refractivity contribution < 1.29 is 26.3 Å². The van der Waals surface area contributed by atoms with Crippen molar-refractivity contribution in [3.8, 4) is 11.5 Å². The summed E-state index contributed by atoms with van der Waals surface area (Å²) in [7, 11) is -6.57. The number of ether oxygens (including phenoxy) is 2. The van der Waals surface area contributed by atoms with E-state index in [1.165, 1.54) is 62.8 Å². The maximum Gasteiger partial charge on any atom is 0.282 e. The van der Waals surface area contributed by atoms with Gasteiger partial charge in [-0.05, 0) is 79.4 Å². The van der Waals surface area contributed by atoms with Gasteiger partial charge in [0.1, 0.15) is 11.5 Å². The zero-order valence-electron chi connectivity index (χ0n) is 20.6. The molecule has 5 rings (SSSR count). The minimum Gasteiger partial charge on any atom is -0.497 e. The summed E-state index contributed by atoms with van der Waals surface area (Å²) in [4.78, 5) is 0.0484. The second-order valence-corrected chi connectivity index (χ2v) is 12.2. The fraction of sp³-hybridized carbons (Fsp3) is 0.214. The lowest BCUT2D eigenvalue weighted by atomic mass is 9.86. The van der Waals surface area contributed by atoms with Crippen molar-refractivity contribution >= 4 is 31.5 Å². The number of sulfonamides is 2. The van der Waals surface area contributed by atoms with E-state index in [2.05, 4.69) is 8.80 Å². The van der Waals surface area contributed by atoms with Gasteiger partial charge in [0.25, 0.3) is 20.0 Å². The van der Waals surface area contributed by atoms with Crippen LogP contribution in [0.2, 0.25) is 0 Å². The summed E-state index contributed by atoms with van der Waals surface area (Å²) in [5.41, 5.74) is 1.29. The average molecular weight is 551 g/mol. The first-order valence-corrected chi connectivity index (χ1v) is 15.0. The van der Waals surface area contributed by atoms with Crippen LogP contribution in [-0.4, -0.2) is 42.0 Å². The van der Waals surface area contributed by atoms with Gasteiger partial charge < -0.3 is 9.47 Å². The number of fused-ring (bicyclic) bond motifs is 1. The number of methoxy groups -OCH3 is 1. The zero-order chi connectivity index (χ0) is 26.8. The van der Waals surface area contributed by atoms with Crippen LogP contribution in [0.4, 0.5) is 0 Å². The molecule has 0 N–H and O–H groups in total. The van der Waals surface area contributed by atoms with Gasteiger partial charge >= 0.3 is 0 Å². The van der Waals surface area contributed by atoms with E-state index in [4.69, 9.17) is 9.47 Å². The van der Waals surface area contributed by atoms with E-state index in [1.807, 2.05) is 0 Å². The molecule has 3 aromatic carbocycles. The number of rotatable bonds is 8. The summed E-state index contributed by atoms with van der Waals surface area (Å²) < 4.78 is 71.0. The summed E-state index contributed by atoms with van der Waals surface area (Å²) >= 11 is 0. The van der Waals surface area contributed by atoms with Crippen LogP contribution >= 0.6 is 0 Å². The van der Waals surface area contributed by atoms with E-state index < -0.39 is 20.0 Å². The molecule has 1 saturated carbocycles. The van der Waals surface area contributed by atoms with Gasteiger partial charge in [-0.2, -0.15) is 25.6 Å². The number of allylic oxidation sites excluding steroid dienone is 2. The molecule has 0 aliphatic heterocycles. The van der Waals surface area contributed by atoms with Gasteiger partial charge in [-0.1, -0.05) is 30.7 Å².